The number of fused-ring (bicyclic) bond motifs is 1. The minimum absolute atomic E-state index is 0.00768. The number of hydrogen-bond acceptors (Lipinski definition) is 5. The minimum atomic E-state index is -0.267. The molecule has 3 heterocycles. The van der Waals surface area contributed by atoms with Gasteiger partial charge in [-0.1, -0.05) is 42.5 Å². The van der Waals surface area contributed by atoms with E-state index in [1.165, 1.54) is 10.5 Å². The van der Waals surface area contributed by atoms with Crippen molar-refractivity contribution in [3.63, 3.8) is 0 Å². The molecule has 8 heteroatoms. The highest BCUT2D eigenvalue weighted by Gasteiger charge is 2.40. The number of ether oxygens (including phenoxy) is 2. The second-order valence-corrected chi connectivity index (χ2v) is 8.68. The molecule has 0 radical (unpaired) electrons. The Bertz CT molecular complexity index is 1040. The van der Waals surface area contributed by atoms with Gasteiger partial charge in [0.1, 0.15) is 18.9 Å². The van der Waals surface area contributed by atoms with Crippen LogP contribution in [0.2, 0.25) is 0 Å². The number of cyclic esters (lactones) is 1. The summed E-state index contributed by atoms with van der Waals surface area (Å²) in [5, 5.41) is 0. The molecule has 3 aliphatic heterocycles. The number of piperidine rings is 1. The monoisotopic (exact) mass is 449 g/mol. The lowest BCUT2D eigenvalue weighted by Crippen LogP contribution is -2.52. The van der Waals surface area contributed by atoms with Crippen LogP contribution in [-0.4, -0.2) is 72.6 Å². The summed E-state index contributed by atoms with van der Waals surface area (Å²) < 4.78 is 10.8. The maximum absolute atomic E-state index is 13.0. The van der Waals surface area contributed by atoms with Crippen LogP contribution in [0.25, 0.3) is 0 Å². The average molecular weight is 450 g/mol. The van der Waals surface area contributed by atoms with Crippen molar-refractivity contribution in [1.29, 1.82) is 0 Å². The van der Waals surface area contributed by atoms with Crippen LogP contribution in [0.15, 0.2) is 54.6 Å². The van der Waals surface area contributed by atoms with Crippen molar-refractivity contribution in [2.24, 2.45) is 0 Å². The van der Waals surface area contributed by atoms with Crippen LogP contribution in [0.3, 0.4) is 0 Å². The zero-order valence-corrected chi connectivity index (χ0v) is 18.4. The zero-order valence-electron chi connectivity index (χ0n) is 18.4. The summed E-state index contributed by atoms with van der Waals surface area (Å²) >= 11 is 0. The summed E-state index contributed by atoms with van der Waals surface area (Å²) in [4.78, 5) is 43.0. The minimum Gasteiger partial charge on any atom is -0.482 e. The zero-order chi connectivity index (χ0) is 22.8. The van der Waals surface area contributed by atoms with E-state index in [9.17, 15) is 14.4 Å². The molecule has 2 fully saturated rings. The van der Waals surface area contributed by atoms with Crippen molar-refractivity contribution < 1.29 is 23.9 Å². The molecule has 0 unspecified atom stereocenters. The van der Waals surface area contributed by atoms with Gasteiger partial charge in [-0.05, 0) is 37.0 Å². The standard InChI is InChI=1S/C25H27N3O5/c29-23(15-27-21-8-4-5-9-22(21)32-17-24(27)30)26-12-10-19(11-13-26)28-20(16-33-25(28)31)14-18-6-2-1-3-7-18/h1-9,19-20H,10-17H2/t20-/m1/s1. The Morgan fingerprint density at radius 3 is 2.45 bits per heavy atom. The molecule has 8 nitrogen and oxygen atoms in total. The summed E-state index contributed by atoms with van der Waals surface area (Å²) in [7, 11) is 0. The Kier molecular flexibility index (Phi) is 5.90. The lowest BCUT2D eigenvalue weighted by atomic mass is 9.99. The Labute approximate surface area is 192 Å². The summed E-state index contributed by atoms with van der Waals surface area (Å²) in [6.45, 7) is 1.42. The first-order chi connectivity index (χ1) is 16.1. The molecule has 0 bridgehead atoms. The van der Waals surface area contributed by atoms with E-state index < -0.39 is 0 Å². The fraction of sp³-hybridized carbons (Fsp3) is 0.400. The summed E-state index contributed by atoms with van der Waals surface area (Å²) in [6.07, 6.45) is 1.88. The Morgan fingerprint density at radius 1 is 0.939 bits per heavy atom. The van der Waals surface area contributed by atoms with Gasteiger partial charge in [-0.2, -0.15) is 0 Å². The van der Waals surface area contributed by atoms with Gasteiger partial charge in [0, 0.05) is 19.1 Å². The van der Waals surface area contributed by atoms with Gasteiger partial charge in [-0.25, -0.2) is 4.79 Å². The van der Waals surface area contributed by atoms with E-state index >= 15 is 0 Å². The molecule has 5 rings (SSSR count). The molecular formula is C25H27N3O5. The van der Waals surface area contributed by atoms with Crippen molar-refractivity contribution in [3.05, 3.63) is 60.2 Å². The van der Waals surface area contributed by atoms with Gasteiger partial charge in [0.25, 0.3) is 5.91 Å². The second kappa shape index (κ2) is 9.13. The van der Waals surface area contributed by atoms with Gasteiger partial charge in [0.05, 0.1) is 11.7 Å². The molecule has 1 atom stereocenters. The van der Waals surface area contributed by atoms with Crippen LogP contribution in [-0.2, 0) is 20.7 Å². The second-order valence-electron chi connectivity index (χ2n) is 8.68. The number of anilines is 1. The third-order valence-electron chi connectivity index (χ3n) is 6.63. The van der Waals surface area contributed by atoms with E-state index in [2.05, 4.69) is 12.1 Å². The van der Waals surface area contributed by atoms with Crippen LogP contribution in [0.1, 0.15) is 18.4 Å². The first-order valence-electron chi connectivity index (χ1n) is 11.4. The Hall–Kier alpha value is -3.55. The highest BCUT2D eigenvalue weighted by atomic mass is 16.6. The highest BCUT2D eigenvalue weighted by Crippen LogP contribution is 2.32. The number of rotatable bonds is 5. The third kappa shape index (κ3) is 4.37. The van der Waals surface area contributed by atoms with Crippen LogP contribution < -0.4 is 9.64 Å². The van der Waals surface area contributed by atoms with Gasteiger partial charge >= 0.3 is 6.09 Å². The first-order valence-corrected chi connectivity index (χ1v) is 11.4. The molecule has 2 aromatic rings. The molecular weight excluding hydrogens is 422 g/mol. The molecule has 0 spiro atoms. The number of hydrogen-bond donors (Lipinski definition) is 0. The predicted octanol–water partition coefficient (Wildman–Crippen LogP) is 2.47. The molecule has 0 aromatic heterocycles. The molecule has 0 aliphatic carbocycles. The third-order valence-corrected chi connectivity index (χ3v) is 6.63. The van der Waals surface area contributed by atoms with Crippen molar-refractivity contribution in [2.45, 2.75) is 31.3 Å². The number of benzene rings is 2. The lowest BCUT2D eigenvalue weighted by molar-refractivity contribution is -0.133. The van der Waals surface area contributed by atoms with E-state index in [4.69, 9.17) is 9.47 Å². The molecule has 3 amide bonds. The van der Waals surface area contributed by atoms with Gasteiger partial charge < -0.3 is 14.4 Å². The van der Waals surface area contributed by atoms with Gasteiger partial charge in [0.2, 0.25) is 5.91 Å². The van der Waals surface area contributed by atoms with E-state index in [0.717, 1.165) is 6.42 Å². The SMILES string of the molecule is O=C(CN1C(=O)COc2ccccc21)N1CCC(N2C(=O)OC[C@H]2Cc2ccccc2)CC1. The topological polar surface area (TPSA) is 79.4 Å². The lowest BCUT2D eigenvalue weighted by Gasteiger charge is -2.38. The summed E-state index contributed by atoms with van der Waals surface area (Å²) in [6, 6.07) is 17.4. The fourth-order valence-electron chi connectivity index (χ4n) is 4.92. The fourth-order valence-corrected chi connectivity index (χ4v) is 4.92. The number of carbonyl (C=O) groups excluding carboxylic acids is 3. The van der Waals surface area contributed by atoms with Crippen molar-refractivity contribution >= 4 is 23.6 Å². The van der Waals surface area contributed by atoms with Gasteiger partial charge in [-0.3, -0.25) is 19.4 Å². The molecule has 3 aliphatic rings. The molecule has 2 aromatic carbocycles. The Morgan fingerprint density at radius 2 is 1.67 bits per heavy atom. The normalized spacial score (nSPS) is 21.0. The van der Waals surface area contributed by atoms with Crippen molar-refractivity contribution in [2.75, 3.05) is 37.7 Å². The largest absolute Gasteiger partial charge is 0.482 e. The Balaban J connectivity index is 1.20. The van der Waals surface area contributed by atoms with Crippen LogP contribution in [0.4, 0.5) is 10.5 Å². The molecule has 2 saturated heterocycles. The molecule has 0 saturated carbocycles. The van der Waals surface area contributed by atoms with Crippen LogP contribution >= 0.6 is 0 Å². The summed E-state index contributed by atoms with van der Waals surface area (Å²) in [5.74, 6) is 0.296. The number of carbonyl (C=O) groups is 3. The number of amides is 3. The van der Waals surface area contributed by atoms with Gasteiger partial charge in [0.15, 0.2) is 6.61 Å². The first kappa shape index (κ1) is 21.3. The highest BCUT2D eigenvalue weighted by molar-refractivity contribution is 6.02. The maximum atomic E-state index is 13.0. The molecule has 172 valence electrons. The quantitative estimate of drug-likeness (QED) is 0.701. The van der Waals surface area contributed by atoms with E-state index in [1.54, 1.807) is 17.0 Å². The smallest absolute Gasteiger partial charge is 0.410 e. The average Bonchev–Trinajstić information content (AvgIpc) is 3.21. The van der Waals surface area contributed by atoms with Gasteiger partial charge in [-0.15, -0.1) is 0 Å². The number of nitrogens with zero attached hydrogens (tertiary/aromatic N) is 3. The maximum Gasteiger partial charge on any atom is 0.410 e. The number of para-hydroxylation sites is 2. The van der Waals surface area contributed by atoms with Crippen molar-refractivity contribution in [3.8, 4) is 5.75 Å². The van der Waals surface area contributed by atoms with E-state index in [-0.39, 0.29) is 43.1 Å². The molecule has 0 N–H and O–H groups in total. The predicted molar refractivity (Wildman–Crippen MR) is 121 cm³/mol. The number of likely N-dealkylation sites (tertiary alicyclic amines) is 1. The molecule has 33 heavy (non-hydrogen) atoms. The van der Waals surface area contributed by atoms with Crippen LogP contribution in [0.5, 0.6) is 5.75 Å². The van der Waals surface area contributed by atoms with E-state index in [1.807, 2.05) is 35.2 Å². The van der Waals surface area contributed by atoms with Crippen LogP contribution in [0, 0.1) is 0 Å². The van der Waals surface area contributed by atoms with Crippen molar-refractivity contribution in [1.82, 2.24) is 9.80 Å². The summed E-state index contributed by atoms with van der Waals surface area (Å²) in [5.41, 5.74) is 1.80. The van der Waals surface area contributed by atoms with E-state index in [0.29, 0.717) is 44.0 Å².